The van der Waals surface area contributed by atoms with Crippen LogP contribution in [0.5, 0.6) is 0 Å². The Balaban J connectivity index is 0.00000110. The lowest BCUT2D eigenvalue weighted by atomic mass is 9.99. The maximum Gasteiger partial charge on any atom is 0.0320 e. The Bertz CT molecular complexity index is 600. The van der Waals surface area contributed by atoms with Crippen molar-refractivity contribution in [3.8, 4) is 11.1 Å². The third-order valence-corrected chi connectivity index (χ3v) is 4.28. The van der Waals surface area contributed by atoms with Gasteiger partial charge in [-0.2, -0.15) is 0 Å². The van der Waals surface area contributed by atoms with Gasteiger partial charge in [0.15, 0.2) is 0 Å². The van der Waals surface area contributed by atoms with Crippen LogP contribution in [0.4, 0.5) is 0 Å². The van der Waals surface area contributed by atoms with Crippen molar-refractivity contribution in [2.24, 2.45) is 0 Å². The minimum absolute atomic E-state index is 0. The summed E-state index contributed by atoms with van der Waals surface area (Å²) in [6, 6.07) is 16.4. The van der Waals surface area contributed by atoms with E-state index in [1.807, 2.05) is 0 Å². The molecule has 19 heavy (non-hydrogen) atoms. The van der Waals surface area contributed by atoms with E-state index in [0.717, 1.165) is 6.42 Å². The fraction of sp³-hybridized carbons (Fsp3) is 0.294. The van der Waals surface area contributed by atoms with Crippen LogP contribution in [0.3, 0.4) is 0 Å². The van der Waals surface area contributed by atoms with Gasteiger partial charge in [-0.1, -0.05) is 42.5 Å². The fourth-order valence-electron chi connectivity index (χ4n) is 3.35. The summed E-state index contributed by atoms with van der Waals surface area (Å²) in [6.07, 6.45) is 3.69. The van der Waals surface area contributed by atoms with Crippen LogP contribution in [0.15, 0.2) is 42.5 Å². The van der Waals surface area contributed by atoms with Crippen molar-refractivity contribution < 1.29 is 0 Å². The lowest BCUT2D eigenvalue weighted by Crippen LogP contribution is -2.12. The number of hydrogen-bond acceptors (Lipinski definition) is 1. The second kappa shape index (κ2) is 4.99. The first-order chi connectivity index (χ1) is 8.92. The van der Waals surface area contributed by atoms with Crippen molar-refractivity contribution in [1.82, 2.24) is 5.32 Å². The summed E-state index contributed by atoms with van der Waals surface area (Å²) in [5.41, 5.74) is 7.32. The van der Waals surface area contributed by atoms with E-state index < -0.39 is 0 Å². The first-order valence-corrected chi connectivity index (χ1v) is 6.86. The van der Waals surface area contributed by atoms with E-state index in [2.05, 4.69) is 47.8 Å². The molecule has 2 aromatic carbocycles. The number of hydrogen-bond donors (Lipinski definition) is 1. The lowest BCUT2D eigenvalue weighted by molar-refractivity contribution is 0.647. The van der Waals surface area contributed by atoms with E-state index in [4.69, 9.17) is 0 Å². The predicted octanol–water partition coefficient (Wildman–Crippen LogP) is 4.10. The van der Waals surface area contributed by atoms with Crippen molar-refractivity contribution >= 4 is 12.4 Å². The van der Waals surface area contributed by atoms with E-state index in [9.17, 15) is 0 Å². The highest BCUT2D eigenvalue weighted by Gasteiger charge is 2.21. The summed E-state index contributed by atoms with van der Waals surface area (Å²) in [6.45, 7) is 1.17. The van der Waals surface area contributed by atoms with Gasteiger partial charge in [-0.3, -0.25) is 0 Å². The molecule has 1 saturated heterocycles. The standard InChI is InChI=1S/C17H17N.ClH/c1-2-5-15-12(4-1)10-14-11-13(7-8-16(14)15)17-6-3-9-18-17;/h1-2,4-5,7-8,11,17-18H,3,6,9-10H2;1H/t17-;/m0./s1. The zero-order valence-electron chi connectivity index (χ0n) is 10.9. The van der Waals surface area contributed by atoms with Gasteiger partial charge in [0.2, 0.25) is 0 Å². The monoisotopic (exact) mass is 271 g/mol. The Labute approximate surface area is 120 Å². The molecule has 1 heterocycles. The Morgan fingerprint density at radius 1 is 0.947 bits per heavy atom. The molecule has 1 fully saturated rings. The van der Waals surface area contributed by atoms with Crippen molar-refractivity contribution in [2.45, 2.75) is 25.3 Å². The van der Waals surface area contributed by atoms with Crippen molar-refractivity contribution in [3.05, 3.63) is 59.2 Å². The predicted molar refractivity (Wildman–Crippen MR) is 81.9 cm³/mol. The topological polar surface area (TPSA) is 12.0 Å². The summed E-state index contributed by atoms with van der Waals surface area (Å²) in [4.78, 5) is 0. The Kier molecular flexibility index (Phi) is 3.34. The first-order valence-electron chi connectivity index (χ1n) is 6.86. The van der Waals surface area contributed by atoms with Crippen LogP contribution in [-0.4, -0.2) is 6.54 Å². The van der Waals surface area contributed by atoms with E-state index in [0.29, 0.717) is 6.04 Å². The summed E-state index contributed by atoms with van der Waals surface area (Å²) in [5.74, 6) is 0. The Hall–Kier alpha value is -1.31. The van der Waals surface area contributed by atoms with Crippen LogP contribution in [0.25, 0.3) is 11.1 Å². The molecule has 4 rings (SSSR count). The van der Waals surface area contributed by atoms with Crippen LogP contribution < -0.4 is 5.32 Å². The third kappa shape index (κ3) is 2.07. The normalized spacial score (nSPS) is 19.7. The molecule has 0 unspecified atom stereocenters. The average molecular weight is 272 g/mol. The third-order valence-electron chi connectivity index (χ3n) is 4.28. The van der Waals surface area contributed by atoms with Gasteiger partial charge in [-0.05, 0) is 53.6 Å². The van der Waals surface area contributed by atoms with E-state index in [-0.39, 0.29) is 12.4 Å². The SMILES string of the molecule is Cl.c1ccc2c(c1)Cc1cc([C@@H]3CCCN3)ccc1-2. The van der Waals surface area contributed by atoms with Crippen LogP contribution in [0.1, 0.15) is 35.6 Å². The highest BCUT2D eigenvalue weighted by atomic mass is 35.5. The maximum atomic E-state index is 3.59. The molecule has 0 amide bonds. The number of fused-ring (bicyclic) bond motifs is 3. The minimum Gasteiger partial charge on any atom is -0.310 e. The van der Waals surface area contributed by atoms with E-state index in [1.54, 1.807) is 0 Å². The lowest BCUT2D eigenvalue weighted by Gasteiger charge is -2.12. The van der Waals surface area contributed by atoms with Crippen molar-refractivity contribution in [3.63, 3.8) is 0 Å². The number of rotatable bonds is 1. The molecular formula is C17H18ClN. The molecule has 1 nitrogen and oxygen atoms in total. The van der Waals surface area contributed by atoms with Gasteiger partial charge in [0.05, 0.1) is 0 Å². The molecule has 0 spiro atoms. The average Bonchev–Trinajstić information content (AvgIpc) is 3.05. The summed E-state index contributed by atoms with van der Waals surface area (Å²) < 4.78 is 0. The van der Waals surface area contributed by atoms with Gasteiger partial charge < -0.3 is 5.32 Å². The highest BCUT2D eigenvalue weighted by molar-refractivity contribution is 5.85. The minimum atomic E-state index is 0. The van der Waals surface area contributed by atoms with Gasteiger partial charge in [-0.15, -0.1) is 12.4 Å². The smallest absolute Gasteiger partial charge is 0.0320 e. The molecule has 1 aliphatic heterocycles. The molecule has 98 valence electrons. The zero-order valence-corrected chi connectivity index (χ0v) is 11.7. The molecule has 0 bridgehead atoms. The number of halogens is 1. The van der Waals surface area contributed by atoms with Crippen LogP contribution in [-0.2, 0) is 6.42 Å². The summed E-state index contributed by atoms with van der Waals surface area (Å²) in [7, 11) is 0. The number of nitrogens with one attached hydrogen (secondary N) is 1. The number of benzene rings is 2. The largest absolute Gasteiger partial charge is 0.310 e. The molecule has 0 aromatic heterocycles. The summed E-state index contributed by atoms with van der Waals surface area (Å²) >= 11 is 0. The molecular weight excluding hydrogens is 254 g/mol. The van der Waals surface area contributed by atoms with Gasteiger partial charge in [0, 0.05) is 6.04 Å². The van der Waals surface area contributed by atoms with Crippen LogP contribution in [0.2, 0.25) is 0 Å². The van der Waals surface area contributed by atoms with E-state index >= 15 is 0 Å². The Morgan fingerprint density at radius 3 is 2.63 bits per heavy atom. The quantitative estimate of drug-likeness (QED) is 0.703. The first kappa shape index (κ1) is 12.7. The van der Waals surface area contributed by atoms with Crippen LogP contribution in [0, 0.1) is 0 Å². The fourth-order valence-corrected chi connectivity index (χ4v) is 3.35. The van der Waals surface area contributed by atoms with Crippen molar-refractivity contribution in [2.75, 3.05) is 6.54 Å². The molecule has 2 aromatic rings. The molecule has 1 N–H and O–H groups in total. The van der Waals surface area contributed by atoms with Gasteiger partial charge in [0.25, 0.3) is 0 Å². The highest BCUT2D eigenvalue weighted by Crippen LogP contribution is 2.38. The molecule has 2 aliphatic rings. The van der Waals surface area contributed by atoms with Crippen molar-refractivity contribution in [1.29, 1.82) is 0 Å². The Morgan fingerprint density at radius 2 is 1.79 bits per heavy atom. The second-order valence-electron chi connectivity index (χ2n) is 5.40. The van der Waals surface area contributed by atoms with Gasteiger partial charge >= 0.3 is 0 Å². The van der Waals surface area contributed by atoms with Gasteiger partial charge in [-0.25, -0.2) is 0 Å². The zero-order chi connectivity index (χ0) is 11.9. The maximum absolute atomic E-state index is 3.59. The molecule has 2 heteroatoms. The molecule has 0 saturated carbocycles. The second-order valence-corrected chi connectivity index (χ2v) is 5.40. The molecule has 0 radical (unpaired) electrons. The van der Waals surface area contributed by atoms with Gasteiger partial charge in [0.1, 0.15) is 0 Å². The molecule has 1 atom stereocenters. The summed E-state index contributed by atoms with van der Waals surface area (Å²) in [5, 5.41) is 3.59. The van der Waals surface area contributed by atoms with E-state index in [1.165, 1.54) is 47.2 Å². The van der Waals surface area contributed by atoms with Crippen LogP contribution >= 0.6 is 12.4 Å². The molecule has 1 aliphatic carbocycles.